The van der Waals surface area contributed by atoms with Crippen LogP contribution in [-0.4, -0.2) is 17.1 Å². The molecular weight excluding hydrogens is 350 g/mol. The van der Waals surface area contributed by atoms with Crippen molar-refractivity contribution < 1.29 is 9.13 Å². The van der Waals surface area contributed by atoms with E-state index in [1.165, 1.54) is 25.6 Å². The molecule has 2 rings (SSSR count). The number of ether oxygens (including phenoxy) is 1. The van der Waals surface area contributed by atoms with E-state index in [0.29, 0.717) is 17.3 Å². The first-order valence-corrected chi connectivity index (χ1v) is 6.06. The van der Waals surface area contributed by atoms with Crippen LogP contribution in [0.2, 0.25) is 0 Å². The van der Waals surface area contributed by atoms with Crippen LogP contribution >= 0.6 is 22.6 Å². The molecule has 0 atom stereocenters. The van der Waals surface area contributed by atoms with Gasteiger partial charge in [-0.2, -0.15) is 0 Å². The van der Waals surface area contributed by atoms with Gasteiger partial charge in [0.1, 0.15) is 12.1 Å². The Labute approximate surface area is 117 Å². The minimum Gasteiger partial charge on any atom is -0.490 e. The van der Waals surface area contributed by atoms with Gasteiger partial charge >= 0.3 is 0 Å². The van der Waals surface area contributed by atoms with E-state index in [1.807, 2.05) is 22.6 Å². The second-order valence-electron chi connectivity index (χ2n) is 3.39. The van der Waals surface area contributed by atoms with Gasteiger partial charge in [0.25, 0.3) is 0 Å². The number of methoxy groups -OCH3 is 1. The minimum atomic E-state index is -0.292. The zero-order valence-corrected chi connectivity index (χ0v) is 11.6. The fourth-order valence-electron chi connectivity index (χ4n) is 1.40. The first-order valence-electron chi connectivity index (χ1n) is 4.98. The highest BCUT2D eigenvalue weighted by Gasteiger charge is 2.11. The maximum absolute atomic E-state index is 13.0. The first kappa shape index (κ1) is 12.8. The molecule has 1 heterocycles. The summed E-state index contributed by atoms with van der Waals surface area (Å²) in [6.07, 6.45) is 1.33. The van der Waals surface area contributed by atoms with E-state index < -0.39 is 0 Å². The number of anilines is 3. The molecule has 0 bridgehead atoms. The Morgan fingerprint density at radius 2 is 2.17 bits per heavy atom. The molecule has 0 unspecified atom stereocenters. The molecule has 0 aliphatic heterocycles. The van der Waals surface area contributed by atoms with E-state index in [-0.39, 0.29) is 11.6 Å². The fraction of sp³-hybridized carbons (Fsp3) is 0.0909. The predicted octanol–water partition coefficient (Wildman–Crippen LogP) is 2.55. The third-order valence-corrected chi connectivity index (χ3v) is 3.11. The molecule has 5 nitrogen and oxygen atoms in total. The lowest BCUT2D eigenvalue weighted by atomic mass is 10.3. The lowest BCUT2D eigenvalue weighted by Gasteiger charge is -2.12. The molecule has 3 N–H and O–H groups in total. The SMILES string of the molecule is COc1c(N)ncnc1Nc1ccc(F)cc1I. The molecule has 94 valence electrons. The number of rotatable bonds is 3. The lowest BCUT2D eigenvalue weighted by Crippen LogP contribution is -2.03. The van der Waals surface area contributed by atoms with Crippen molar-refractivity contribution in [3.8, 4) is 5.75 Å². The van der Waals surface area contributed by atoms with Gasteiger partial charge in [0, 0.05) is 3.57 Å². The van der Waals surface area contributed by atoms with Gasteiger partial charge in [0.05, 0.1) is 12.8 Å². The number of nitrogens with zero attached hydrogens (tertiary/aromatic N) is 2. The number of benzene rings is 1. The summed E-state index contributed by atoms with van der Waals surface area (Å²) in [4.78, 5) is 7.87. The van der Waals surface area contributed by atoms with Crippen LogP contribution in [0.1, 0.15) is 0 Å². The van der Waals surface area contributed by atoms with Gasteiger partial charge < -0.3 is 15.8 Å². The predicted molar refractivity (Wildman–Crippen MR) is 75.4 cm³/mol. The van der Waals surface area contributed by atoms with Crippen LogP contribution in [0.5, 0.6) is 5.75 Å². The van der Waals surface area contributed by atoms with Gasteiger partial charge in [-0.25, -0.2) is 14.4 Å². The van der Waals surface area contributed by atoms with Gasteiger partial charge in [0.2, 0.25) is 5.75 Å². The second-order valence-corrected chi connectivity index (χ2v) is 4.55. The second kappa shape index (κ2) is 5.34. The zero-order chi connectivity index (χ0) is 13.1. The van der Waals surface area contributed by atoms with Gasteiger partial charge in [-0.05, 0) is 40.8 Å². The van der Waals surface area contributed by atoms with Crippen LogP contribution in [0.3, 0.4) is 0 Å². The van der Waals surface area contributed by atoms with Crippen molar-refractivity contribution in [3.63, 3.8) is 0 Å². The van der Waals surface area contributed by atoms with E-state index in [9.17, 15) is 4.39 Å². The molecule has 1 aromatic carbocycles. The summed E-state index contributed by atoms with van der Waals surface area (Å²) >= 11 is 2.03. The summed E-state index contributed by atoms with van der Waals surface area (Å²) < 4.78 is 18.8. The number of hydrogen-bond donors (Lipinski definition) is 2. The Morgan fingerprint density at radius 1 is 1.39 bits per heavy atom. The third-order valence-electron chi connectivity index (χ3n) is 2.22. The Bertz CT molecular complexity index is 579. The number of nitrogens with two attached hydrogens (primary N) is 1. The van der Waals surface area contributed by atoms with Gasteiger partial charge in [-0.15, -0.1) is 0 Å². The summed E-state index contributed by atoms with van der Waals surface area (Å²) in [7, 11) is 1.48. The summed E-state index contributed by atoms with van der Waals surface area (Å²) in [6, 6.07) is 4.40. The topological polar surface area (TPSA) is 73.1 Å². The summed E-state index contributed by atoms with van der Waals surface area (Å²) in [6.45, 7) is 0. The van der Waals surface area contributed by atoms with Crippen LogP contribution in [0.4, 0.5) is 21.7 Å². The highest BCUT2D eigenvalue weighted by atomic mass is 127. The Balaban J connectivity index is 2.37. The monoisotopic (exact) mass is 360 g/mol. The van der Waals surface area contributed by atoms with Gasteiger partial charge in [0.15, 0.2) is 11.6 Å². The molecule has 0 radical (unpaired) electrons. The molecule has 2 aromatic rings. The molecule has 1 aromatic heterocycles. The zero-order valence-electron chi connectivity index (χ0n) is 9.45. The van der Waals surface area contributed by atoms with Crippen LogP contribution in [-0.2, 0) is 0 Å². The van der Waals surface area contributed by atoms with Crippen LogP contribution in [0, 0.1) is 9.39 Å². The number of nitrogens with one attached hydrogen (secondary N) is 1. The number of halogens is 2. The number of nitrogen functional groups attached to an aromatic ring is 1. The molecule has 0 saturated carbocycles. The van der Waals surface area contributed by atoms with Crippen molar-refractivity contribution in [1.29, 1.82) is 0 Å². The molecule has 0 fully saturated rings. The maximum Gasteiger partial charge on any atom is 0.204 e. The number of hydrogen-bond acceptors (Lipinski definition) is 5. The average Bonchev–Trinajstić information content (AvgIpc) is 2.33. The lowest BCUT2D eigenvalue weighted by molar-refractivity contribution is 0.415. The Kier molecular flexibility index (Phi) is 3.80. The highest BCUT2D eigenvalue weighted by Crippen LogP contribution is 2.30. The molecule has 0 aliphatic rings. The molecule has 0 spiro atoms. The van der Waals surface area contributed by atoms with Crippen LogP contribution < -0.4 is 15.8 Å². The fourth-order valence-corrected chi connectivity index (χ4v) is 2.01. The van der Waals surface area contributed by atoms with Crippen molar-refractivity contribution in [2.24, 2.45) is 0 Å². The van der Waals surface area contributed by atoms with Gasteiger partial charge in [-0.3, -0.25) is 0 Å². The van der Waals surface area contributed by atoms with Crippen molar-refractivity contribution >= 4 is 39.9 Å². The minimum absolute atomic E-state index is 0.243. The number of aromatic nitrogens is 2. The van der Waals surface area contributed by atoms with Gasteiger partial charge in [-0.1, -0.05) is 0 Å². The highest BCUT2D eigenvalue weighted by molar-refractivity contribution is 14.1. The van der Waals surface area contributed by atoms with E-state index in [1.54, 1.807) is 6.07 Å². The van der Waals surface area contributed by atoms with Crippen molar-refractivity contribution in [2.75, 3.05) is 18.2 Å². The normalized spacial score (nSPS) is 10.2. The molecule has 7 heteroatoms. The first-order chi connectivity index (χ1) is 8.61. The molecule has 0 saturated heterocycles. The standard InChI is InChI=1S/C11H10FIN4O/c1-18-9-10(14)15-5-16-11(9)17-8-3-2-6(12)4-7(8)13/h2-5H,1H3,(H3,14,15,16,17). The van der Waals surface area contributed by atoms with Crippen molar-refractivity contribution in [1.82, 2.24) is 9.97 Å². The third kappa shape index (κ3) is 2.61. The maximum atomic E-state index is 13.0. The quantitative estimate of drug-likeness (QED) is 0.824. The smallest absolute Gasteiger partial charge is 0.204 e. The molecular formula is C11H10FIN4O. The molecule has 0 amide bonds. The summed E-state index contributed by atoms with van der Waals surface area (Å²) in [5.41, 5.74) is 6.39. The summed E-state index contributed by atoms with van der Waals surface area (Å²) in [5, 5.41) is 3.03. The summed E-state index contributed by atoms with van der Waals surface area (Å²) in [5.74, 6) is 0.749. The average molecular weight is 360 g/mol. The van der Waals surface area contributed by atoms with E-state index in [2.05, 4.69) is 15.3 Å². The van der Waals surface area contributed by atoms with E-state index in [0.717, 1.165) is 3.57 Å². The molecule has 0 aliphatic carbocycles. The van der Waals surface area contributed by atoms with E-state index >= 15 is 0 Å². The van der Waals surface area contributed by atoms with E-state index in [4.69, 9.17) is 10.5 Å². The van der Waals surface area contributed by atoms with Crippen LogP contribution in [0.25, 0.3) is 0 Å². The Hall–Kier alpha value is -1.64. The molecule has 18 heavy (non-hydrogen) atoms. The van der Waals surface area contributed by atoms with Crippen molar-refractivity contribution in [2.45, 2.75) is 0 Å². The van der Waals surface area contributed by atoms with Crippen molar-refractivity contribution in [3.05, 3.63) is 33.9 Å². The van der Waals surface area contributed by atoms with Crippen LogP contribution in [0.15, 0.2) is 24.5 Å². The largest absolute Gasteiger partial charge is 0.490 e. The Morgan fingerprint density at radius 3 is 2.83 bits per heavy atom.